The van der Waals surface area contributed by atoms with Crippen molar-refractivity contribution >= 4 is 0 Å². The first-order chi connectivity index (χ1) is 11.9. The number of fused-ring (bicyclic) bond motifs is 3. The van der Waals surface area contributed by atoms with Crippen LogP contribution in [0.25, 0.3) is 11.4 Å². The second kappa shape index (κ2) is 5.34. The Morgan fingerprint density at radius 1 is 1.12 bits per heavy atom. The molecule has 0 fully saturated rings. The summed E-state index contributed by atoms with van der Waals surface area (Å²) in [5, 5.41) is 3.00. The van der Waals surface area contributed by atoms with Crippen molar-refractivity contribution < 1.29 is 17.9 Å². The molecule has 3 aromatic rings. The van der Waals surface area contributed by atoms with Crippen LogP contribution in [-0.2, 0) is 12.6 Å². The topological polar surface area (TPSA) is 41.7 Å². The molecule has 0 amide bonds. The van der Waals surface area contributed by atoms with E-state index < -0.39 is 11.7 Å². The normalized spacial score (nSPS) is 16.4. The monoisotopic (exact) mass is 346 g/mol. The second-order valence-corrected chi connectivity index (χ2v) is 6.24. The summed E-state index contributed by atoms with van der Waals surface area (Å²) >= 11 is 0. The van der Waals surface area contributed by atoms with E-state index in [2.05, 4.69) is 5.21 Å². The summed E-state index contributed by atoms with van der Waals surface area (Å²) in [7, 11) is 0. The number of H-pyrrole nitrogens is 1. The molecular formula is C18H15F3N3O+. The molecule has 0 aliphatic carbocycles. The van der Waals surface area contributed by atoms with Gasteiger partial charge in [-0.05, 0) is 36.8 Å². The Labute approximate surface area is 141 Å². The predicted molar refractivity (Wildman–Crippen MR) is 85.0 cm³/mol. The van der Waals surface area contributed by atoms with Crippen LogP contribution in [0.2, 0.25) is 0 Å². The van der Waals surface area contributed by atoms with Crippen molar-refractivity contribution in [2.75, 3.05) is 0 Å². The van der Waals surface area contributed by atoms with Crippen LogP contribution in [0.1, 0.15) is 29.7 Å². The lowest BCUT2D eigenvalue weighted by Gasteiger charge is -2.16. The number of rotatable bonds is 1. The highest BCUT2D eigenvalue weighted by Crippen LogP contribution is 2.29. The molecule has 1 unspecified atom stereocenters. The lowest BCUT2D eigenvalue weighted by molar-refractivity contribution is -0.672. The van der Waals surface area contributed by atoms with Gasteiger partial charge < -0.3 is 0 Å². The van der Waals surface area contributed by atoms with Gasteiger partial charge in [0.15, 0.2) is 11.4 Å². The van der Waals surface area contributed by atoms with E-state index in [9.17, 15) is 18.0 Å². The van der Waals surface area contributed by atoms with E-state index in [0.717, 1.165) is 29.8 Å². The van der Waals surface area contributed by atoms with Gasteiger partial charge in [0, 0.05) is 11.5 Å². The SMILES string of the molecule is CC1Cc2ccccc2-[n+]2[nH]n(-c3ccc(C(F)(F)F)cc3)c(=O)c21. The van der Waals surface area contributed by atoms with E-state index in [1.165, 1.54) is 16.8 Å². The lowest BCUT2D eigenvalue weighted by Crippen LogP contribution is -2.44. The van der Waals surface area contributed by atoms with Gasteiger partial charge in [0.25, 0.3) is 0 Å². The molecule has 25 heavy (non-hydrogen) atoms. The Morgan fingerprint density at radius 3 is 2.48 bits per heavy atom. The molecule has 0 radical (unpaired) electrons. The van der Waals surface area contributed by atoms with Gasteiger partial charge in [0.1, 0.15) is 0 Å². The quantitative estimate of drug-likeness (QED) is 0.676. The van der Waals surface area contributed by atoms with Crippen LogP contribution >= 0.6 is 0 Å². The molecule has 0 bridgehead atoms. The van der Waals surface area contributed by atoms with Gasteiger partial charge in [0.2, 0.25) is 5.69 Å². The number of hydrogen-bond donors (Lipinski definition) is 1. The molecule has 0 saturated heterocycles. The van der Waals surface area contributed by atoms with Crippen LogP contribution in [0.15, 0.2) is 53.3 Å². The molecule has 0 spiro atoms. The van der Waals surface area contributed by atoms with Crippen molar-refractivity contribution in [2.24, 2.45) is 0 Å². The molecular weight excluding hydrogens is 331 g/mol. The smallest absolute Gasteiger partial charge is 0.234 e. The summed E-state index contributed by atoms with van der Waals surface area (Å²) < 4.78 is 41.2. The average molecular weight is 346 g/mol. The fourth-order valence-corrected chi connectivity index (χ4v) is 3.33. The van der Waals surface area contributed by atoms with Crippen LogP contribution in [0.4, 0.5) is 13.2 Å². The van der Waals surface area contributed by atoms with Gasteiger partial charge >= 0.3 is 11.7 Å². The van der Waals surface area contributed by atoms with E-state index in [4.69, 9.17) is 0 Å². The van der Waals surface area contributed by atoms with E-state index in [0.29, 0.717) is 11.4 Å². The third-order valence-corrected chi connectivity index (χ3v) is 4.54. The Hall–Kier alpha value is -2.83. The summed E-state index contributed by atoms with van der Waals surface area (Å²) in [6.07, 6.45) is -3.66. The standard InChI is InChI=1S/C18H14F3N3O/c1-11-10-12-4-2-3-5-15(12)24-16(11)17(25)23(22-24)14-8-6-13(7-9-14)18(19,20)21/h2-9,11H,10H2,1H3/p+1. The second-order valence-electron chi connectivity index (χ2n) is 6.24. The first-order valence-electron chi connectivity index (χ1n) is 7.89. The Bertz CT molecular complexity index is 1000. The van der Waals surface area contributed by atoms with Crippen molar-refractivity contribution in [3.8, 4) is 11.4 Å². The van der Waals surface area contributed by atoms with Crippen molar-refractivity contribution in [3.05, 3.63) is 75.7 Å². The third-order valence-electron chi connectivity index (χ3n) is 4.54. The zero-order chi connectivity index (χ0) is 17.8. The van der Waals surface area contributed by atoms with Crippen LogP contribution < -0.4 is 10.2 Å². The zero-order valence-electron chi connectivity index (χ0n) is 13.3. The van der Waals surface area contributed by atoms with Crippen LogP contribution in [-0.4, -0.2) is 9.90 Å². The van der Waals surface area contributed by atoms with Crippen LogP contribution in [0.5, 0.6) is 0 Å². The molecule has 4 nitrogen and oxygen atoms in total. The minimum absolute atomic E-state index is 0.00866. The van der Waals surface area contributed by atoms with Crippen molar-refractivity contribution in [1.82, 2.24) is 9.90 Å². The van der Waals surface area contributed by atoms with E-state index in [-0.39, 0.29) is 11.5 Å². The minimum atomic E-state index is -4.40. The molecule has 1 N–H and O–H groups in total. The van der Waals surface area contributed by atoms with Crippen LogP contribution in [0, 0.1) is 0 Å². The van der Waals surface area contributed by atoms with Gasteiger partial charge in [-0.25, -0.2) is 4.79 Å². The van der Waals surface area contributed by atoms with Gasteiger partial charge in [-0.2, -0.15) is 13.2 Å². The molecule has 1 aliphatic heterocycles. The molecule has 1 atom stereocenters. The molecule has 2 heterocycles. The molecule has 7 heteroatoms. The van der Waals surface area contributed by atoms with Crippen molar-refractivity contribution in [1.29, 1.82) is 0 Å². The summed E-state index contributed by atoms with van der Waals surface area (Å²) in [5.41, 5.74) is 1.98. The first-order valence-corrected chi connectivity index (χ1v) is 7.89. The number of alkyl halides is 3. The number of hydrogen-bond acceptors (Lipinski definition) is 1. The van der Waals surface area contributed by atoms with E-state index in [1.54, 1.807) is 4.68 Å². The number of nitrogens with zero attached hydrogens (tertiary/aromatic N) is 2. The molecule has 1 aromatic heterocycles. The van der Waals surface area contributed by atoms with Crippen molar-refractivity contribution in [2.45, 2.75) is 25.4 Å². The zero-order valence-corrected chi connectivity index (χ0v) is 13.3. The van der Waals surface area contributed by atoms with Crippen molar-refractivity contribution in [3.63, 3.8) is 0 Å². The highest BCUT2D eigenvalue weighted by molar-refractivity contribution is 5.38. The summed E-state index contributed by atoms with van der Waals surface area (Å²) in [6.45, 7) is 1.97. The fourth-order valence-electron chi connectivity index (χ4n) is 3.33. The van der Waals surface area contributed by atoms with E-state index in [1.807, 2.05) is 31.2 Å². The summed E-state index contributed by atoms with van der Waals surface area (Å²) in [6, 6.07) is 12.3. The first kappa shape index (κ1) is 15.7. The lowest BCUT2D eigenvalue weighted by atomic mass is 9.93. The van der Waals surface area contributed by atoms with E-state index >= 15 is 0 Å². The van der Waals surface area contributed by atoms with Gasteiger partial charge in [-0.3, -0.25) is 0 Å². The maximum Gasteiger partial charge on any atom is 0.416 e. The molecule has 128 valence electrons. The average Bonchev–Trinajstić information content (AvgIpc) is 2.93. The number of aromatic amines is 1. The van der Waals surface area contributed by atoms with Gasteiger partial charge in [-0.15, -0.1) is 4.68 Å². The van der Waals surface area contributed by atoms with Gasteiger partial charge in [-0.1, -0.05) is 35.0 Å². The highest BCUT2D eigenvalue weighted by atomic mass is 19.4. The van der Waals surface area contributed by atoms with Gasteiger partial charge in [0.05, 0.1) is 5.56 Å². The highest BCUT2D eigenvalue weighted by Gasteiger charge is 2.35. The molecule has 2 aromatic carbocycles. The maximum absolute atomic E-state index is 12.8. The number of benzene rings is 2. The summed E-state index contributed by atoms with van der Waals surface area (Å²) in [4.78, 5) is 12.8. The molecule has 1 aliphatic rings. The number of halogens is 3. The number of nitrogens with one attached hydrogen (secondary N) is 1. The largest absolute Gasteiger partial charge is 0.416 e. The van der Waals surface area contributed by atoms with Crippen LogP contribution in [0.3, 0.4) is 0 Å². The Morgan fingerprint density at radius 2 is 1.80 bits per heavy atom. The maximum atomic E-state index is 12.8. The predicted octanol–water partition coefficient (Wildman–Crippen LogP) is 3.12. The molecule has 4 rings (SSSR count). The minimum Gasteiger partial charge on any atom is -0.234 e. The third kappa shape index (κ3) is 2.47. The summed E-state index contributed by atoms with van der Waals surface area (Å²) in [5.74, 6) is 0.00866. The Balaban J connectivity index is 1.86. The fraction of sp³-hybridized carbons (Fsp3) is 0.222. The Kier molecular flexibility index (Phi) is 3.35. The number of aromatic nitrogens is 3. The number of para-hydroxylation sites is 1. The molecule has 0 saturated carbocycles.